The summed E-state index contributed by atoms with van der Waals surface area (Å²) >= 11 is 0. The molecule has 0 radical (unpaired) electrons. The van der Waals surface area contributed by atoms with E-state index in [1.165, 1.54) is 22.0 Å². The van der Waals surface area contributed by atoms with Gasteiger partial charge in [0.1, 0.15) is 12.1 Å². The molecule has 0 saturated heterocycles. The Labute approximate surface area is 169 Å². The van der Waals surface area contributed by atoms with E-state index in [4.69, 9.17) is 0 Å². The minimum Gasteiger partial charge on any atom is -0.368 e. The third-order valence-corrected chi connectivity index (χ3v) is 5.26. The molecule has 0 spiro atoms. The van der Waals surface area contributed by atoms with Crippen LogP contribution in [0, 0.1) is 6.92 Å². The van der Waals surface area contributed by atoms with E-state index in [0.717, 1.165) is 35.6 Å². The molecule has 2 aromatic carbocycles. The molecule has 3 aromatic heterocycles. The number of hydrogen-bond donors (Lipinski definition) is 1. The molecule has 0 unspecified atom stereocenters. The van der Waals surface area contributed by atoms with Crippen LogP contribution in [0.2, 0.25) is 0 Å². The van der Waals surface area contributed by atoms with Gasteiger partial charge in [-0.2, -0.15) is 0 Å². The number of hydrogen-bond acceptors (Lipinski definition) is 4. The van der Waals surface area contributed by atoms with Crippen molar-refractivity contribution in [3.63, 3.8) is 0 Å². The van der Waals surface area contributed by atoms with Crippen LogP contribution in [-0.2, 0) is 6.54 Å². The Hall–Kier alpha value is -3.73. The Morgan fingerprint density at radius 3 is 2.79 bits per heavy atom. The third-order valence-electron chi connectivity index (χ3n) is 5.26. The van der Waals surface area contributed by atoms with Crippen molar-refractivity contribution in [2.24, 2.45) is 0 Å². The van der Waals surface area contributed by atoms with Gasteiger partial charge in [0.05, 0.1) is 5.69 Å². The number of rotatable bonds is 5. The van der Waals surface area contributed by atoms with Gasteiger partial charge in [0, 0.05) is 53.7 Å². The number of nitrogens with one attached hydrogen (secondary N) is 1. The van der Waals surface area contributed by atoms with Gasteiger partial charge in [-0.3, -0.25) is 4.98 Å². The van der Waals surface area contributed by atoms with Gasteiger partial charge in [-0.25, -0.2) is 9.97 Å². The summed E-state index contributed by atoms with van der Waals surface area (Å²) < 4.78 is 2.33. The zero-order valence-electron chi connectivity index (χ0n) is 16.2. The van der Waals surface area contributed by atoms with Crippen molar-refractivity contribution in [3.8, 4) is 11.3 Å². The predicted octanol–water partition coefficient (Wildman–Crippen LogP) is 5.07. The highest BCUT2D eigenvalue weighted by Crippen LogP contribution is 2.24. The van der Waals surface area contributed by atoms with Crippen molar-refractivity contribution >= 4 is 27.5 Å². The van der Waals surface area contributed by atoms with E-state index in [9.17, 15) is 0 Å². The molecule has 1 N–H and O–H groups in total. The van der Waals surface area contributed by atoms with E-state index in [1.807, 2.05) is 24.5 Å². The highest BCUT2D eigenvalue weighted by molar-refractivity contribution is 5.86. The topological polar surface area (TPSA) is 55.6 Å². The van der Waals surface area contributed by atoms with E-state index >= 15 is 0 Å². The van der Waals surface area contributed by atoms with E-state index in [-0.39, 0.29) is 0 Å². The van der Waals surface area contributed by atoms with Crippen molar-refractivity contribution in [2.75, 3.05) is 11.9 Å². The molecule has 5 aromatic rings. The number of aryl methyl sites for hydroxylation is 1. The van der Waals surface area contributed by atoms with Crippen LogP contribution in [0.15, 0.2) is 79.4 Å². The lowest BCUT2D eigenvalue weighted by Crippen LogP contribution is -2.12. The molecule has 142 valence electrons. The maximum Gasteiger partial charge on any atom is 0.130 e. The summed E-state index contributed by atoms with van der Waals surface area (Å²) in [6.07, 6.45) is 5.30. The van der Waals surface area contributed by atoms with Gasteiger partial charge in [0.2, 0.25) is 0 Å². The molecule has 0 atom stereocenters. The first-order valence-electron chi connectivity index (χ1n) is 9.73. The summed E-state index contributed by atoms with van der Waals surface area (Å²) in [4.78, 5) is 13.1. The SMILES string of the molecule is Cc1cc2ccccc2n1CCNc1cc(-c2ccc3ccncc3c2)ncn1. The van der Waals surface area contributed by atoms with Crippen LogP contribution in [0.3, 0.4) is 0 Å². The molecule has 29 heavy (non-hydrogen) atoms. The second kappa shape index (κ2) is 7.36. The van der Waals surface area contributed by atoms with Gasteiger partial charge in [-0.05, 0) is 42.0 Å². The number of aromatic nitrogens is 4. The molecule has 5 heteroatoms. The van der Waals surface area contributed by atoms with Gasteiger partial charge in [0.15, 0.2) is 0 Å². The van der Waals surface area contributed by atoms with Gasteiger partial charge in [-0.1, -0.05) is 30.3 Å². The number of pyridine rings is 1. The van der Waals surface area contributed by atoms with Crippen LogP contribution in [0.1, 0.15) is 5.69 Å². The summed E-state index contributed by atoms with van der Waals surface area (Å²) in [5.41, 5.74) is 4.49. The van der Waals surface area contributed by atoms with Crippen molar-refractivity contribution in [1.82, 2.24) is 19.5 Å². The average Bonchev–Trinajstić information content (AvgIpc) is 3.09. The highest BCUT2D eigenvalue weighted by atomic mass is 15.1. The Balaban J connectivity index is 1.34. The second-order valence-electron chi connectivity index (χ2n) is 7.15. The van der Waals surface area contributed by atoms with Crippen LogP contribution >= 0.6 is 0 Å². The first kappa shape index (κ1) is 17.4. The summed E-state index contributed by atoms with van der Waals surface area (Å²) in [6.45, 7) is 3.81. The molecular weight excluding hydrogens is 358 g/mol. The molecule has 0 fully saturated rings. The van der Waals surface area contributed by atoms with Gasteiger partial charge in [-0.15, -0.1) is 0 Å². The largest absolute Gasteiger partial charge is 0.368 e. The molecule has 0 amide bonds. The fourth-order valence-electron chi connectivity index (χ4n) is 3.80. The lowest BCUT2D eigenvalue weighted by Gasteiger charge is -2.11. The molecule has 0 bridgehead atoms. The summed E-state index contributed by atoms with van der Waals surface area (Å²) in [5, 5.41) is 6.99. The van der Waals surface area contributed by atoms with Gasteiger partial charge >= 0.3 is 0 Å². The quantitative estimate of drug-likeness (QED) is 0.463. The number of anilines is 1. The lowest BCUT2D eigenvalue weighted by atomic mass is 10.1. The summed E-state index contributed by atoms with van der Waals surface area (Å²) in [5.74, 6) is 0.829. The number of fused-ring (bicyclic) bond motifs is 2. The average molecular weight is 379 g/mol. The van der Waals surface area contributed by atoms with E-state index in [1.54, 1.807) is 6.33 Å². The molecule has 5 nitrogen and oxygen atoms in total. The van der Waals surface area contributed by atoms with E-state index < -0.39 is 0 Å². The smallest absolute Gasteiger partial charge is 0.130 e. The fourth-order valence-corrected chi connectivity index (χ4v) is 3.80. The molecule has 5 rings (SSSR count). The molecule has 0 aliphatic carbocycles. The van der Waals surface area contributed by atoms with E-state index in [0.29, 0.717) is 0 Å². The first-order valence-corrected chi connectivity index (χ1v) is 9.73. The first-order chi connectivity index (χ1) is 14.3. The van der Waals surface area contributed by atoms with Crippen molar-refractivity contribution in [3.05, 3.63) is 85.1 Å². The van der Waals surface area contributed by atoms with E-state index in [2.05, 4.69) is 80.3 Å². The zero-order chi connectivity index (χ0) is 19.6. The molecule has 0 saturated carbocycles. The predicted molar refractivity (Wildman–Crippen MR) is 118 cm³/mol. The standard InChI is InChI=1S/C24H21N5/c1-17-12-20-4-2-3-5-23(20)29(17)11-10-26-24-14-22(27-16-28-24)19-7-6-18-8-9-25-15-21(18)13-19/h2-9,12-16H,10-11H2,1H3,(H,26,27,28). The minimum atomic E-state index is 0.789. The third kappa shape index (κ3) is 3.43. The maximum atomic E-state index is 4.45. The second-order valence-corrected chi connectivity index (χ2v) is 7.15. The van der Waals surface area contributed by atoms with Crippen molar-refractivity contribution in [2.45, 2.75) is 13.5 Å². The van der Waals surface area contributed by atoms with Gasteiger partial charge < -0.3 is 9.88 Å². The lowest BCUT2D eigenvalue weighted by molar-refractivity contribution is 0.733. The fraction of sp³-hybridized carbons (Fsp3) is 0.125. The molecular formula is C24H21N5. The van der Waals surface area contributed by atoms with Crippen LogP contribution in [0.25, 0.3) is 32.9 Å². The van der Waals surface area contributed by atoms with Crippen LogP contribution in [-0.4, -0.2) is 26.1 Å². The summed E-state index contributed by atoms with van der Waals surface area (Å²) in [6, 6.07) is 21.0. The van der Waals surface area contributed by atoms with Crippen LogP contribution < -0.4 is 5.32 Å². The van der Waals surface area contributed by atoms with Crippen molar-refractivity contribution in [1.29, 1.82) is 0 Å². The normalized spacial score (nSPS) is 11.2. The Morgan fingerprint density at radius 2 is 1.83 bits per heavy atom. The molecule has 0 aliphatic heterocycles. The minimum absolute atomic E-state index is 0.789. The zero-order valence-corrected chi connectivity index (χ0v) is 16.2. The van der Waals surface area contributed by atoms with Gasteiger partial charge in [0.25, 0.3) is 0 Å². The Morgan fingerprint density at radius 1 is 0.897 bits per heavy atom. The molecule has 3 heterocycles. The number of benzene rings is 2. The summed E-state index contributed by atoms with van der Waals surface area (Å²) in [7, 11) is 0. The number of nitrogens with zero attached hydrogens (tertiary/aromatic N) is 4. The van der Waals surface area contributed by atoms with Crippen LogP contribution in [0.4, 0.5) is 5.82 Å². The number of para-hydroxylation sites is 1. The Kier molecular flexibility index (Phi) is 4.41. The van der Waals surface area contributed by atoms with Crippen molar-refractivity contribution < 1.29 is 0 Å². The maximum absolute atomic E-state index is 4.45. The Bertz CT molecular complexity index is 1310. The van der Waals surface area contributed by atoms with Crippen LogP contribution in [0.5, 0.6) is 0 Å². The molecule has 0 aliphatic rings. The monoisotopic (exact) mass is 379 g/mol. The highest BCUT2D eigenvalue weighted by Gasteiger charge is 2.06.